The van der Waals surface area contributed by atoms with Crippen molar-refractivity contribution in [3.05, 3.63) is 24.0 Å². The molecule has 6 nitrogen and oxygen atoms in total. The van der Waals surface area contributed by atoms with Crippen LogP contribution in [0.4, 0.5) is 11.6 Å². The predicted molar refractivity (Wildman–Crippen MR) is 78.5 cm³/mol. The minimum absolute atomic E-state index is 0.650. The minimum Gasteiger partial charge on any atom is -0.370 e. The van der Waals surface area contributed by atoms with E-state index in [-0.39, 0.29) is 0 Å². The van der Waals surface area contributed by atoms with Gasteiger partial charge in [0.1, 0.15) is 11.6 Å². The smallest absolute Gasteiger partial charge is 0.191 e. The highest BCUT2D eigenvalue weighted by atomic mass is 32.2. The van der Waals surface area contributed by atoms with Crippen LogP contribution in [0.25, 0.3) is 0 Å². The van der Waals surface area contributed by atoms with Crippen LogP contribution >= 0.6 is 11.8 Å². The Morgan fingerprint density at radius 2 is 2.00 bits per heavy atom. The summed E-state index contributed by atoms with van der Waals surface area (Å²) in [4.78, 5) is 8.80. The van der Waals surface area contributed by atoms with Crippen LogP contribution in [0.2, 0.25) is 0 Å². The zero-order valence-electron chi connectivity index (χ0n) is 11.3. The molecule has 7 heteroatoms. The second kappa shape index (κ2) is 6.42. The number of thioether (sulfide) groups is 1. The normalized spacial score (nSPS) is 10.5. The maximum absolute atomic E-state index is 4.42. The molecule has 0 aliphatic carbocycles. The molecule has 0 bridgehead atoms. The Kier molecular flexibility index (Phi) is 4.62. The molecule has 2 aromatic rings. The lowest BCUT2D eigenvalue weighted by atomic mass is 10.4. The monoisotopic (exact) mass is 278 g/mol. The van der Waals surface area contributed by atoms with Crippen LogP contribution in [0, 0.1) is 0 Å². The van der Waals surface area contributed by atoms with Gasteiger partial charge in [0.25, 0.3) is 0 Å². The van der Waals surface area contributed by atoms with Crippen LogP contribution < -0.4 is 10.6 Å². The van der Waals surface area contributed by atoms with E-state index < -0.39 is 0 Å². The van der Waals surface area contributed by atoms with Gasteiger partial charge in [-0.25, -0.2) is 9.97 Å². The Morgan fingerprint density at radius 1 is 1.26 bits per heavy atom. The Balaban J connectivity index is 2.08. The van der Waals surface area contributed by atoms with Gasteiger partial charge in [0.2, 0.25) is 0 Å². The fourth-order valence-corrected chi connectivity index (χ4v) is 2.00. The van der Waals surface area contributed by atoms with Crippen LogP contribution in [-0.2, 0) is 13.6 Å². The minimum atomic E-state index is 0.650. The van der Waals surface area contributed by atoms with E-state index >= 15 is 0 Å². The molecule has 0 atom stereocenters. The standard InChI is InChI=1S/C12H18N6S/c1-4-13-10-7-11(16-12(15-10)19-3)14-8-9-5-6-18(2)17-9/h5-7H,4,8H2,1-3H3,(H2,13,14,15,16). The summed E-state index contributed by atoms with van der Waals surface area (Å²) in [6, 6.07) is 3.89. The number of aromatic nitrogens is 4. The first-order valence-electron chi connectivity index (χ1n) is 6.10. The maximum atomic E-state index is 4.42. The van der Waals surface area contributed by atoms with Crippen LogP contribution in [0.3, 0.4) is 0 Å². The van der Waals surface area contributed by atoms with E-state index in [0.29, 0.717) is 6.54 Å². The summed E-state index contributed by atoms with van der Waals surface area (Å²) < 4.78 is 1.79. The second-order valence-electron chi connectivity index (χ2n) is 3.99. The molecule has 0 saturated carbocycles. The molecule has 0 saturated heterocycles. The molecule has 102 valence electrons. The van der Waals surface area contributed by atoms with Crippen molar-refractivity contribution >= 4 is 23.4 Å². The first-order chi connectivity index (χ1) is 9.21. The van der Waals surface area contributed by atoms with Crippen molar-refractivity contribution < 1.29 is 0 Å². The Morgan fingerprint density at radius 3 is 2.58 bits per heavy atom. The van der Waals surface area contributed by atoms with Gasteiger partial charge in [-0.05, 0) is 19.2 Å². The summed E-state index contributed by atoms with van der Waals surface area (Å²) in [5.41, 5.74) is 0.983. The van der Waals surface area contributed by atoms with Crippen molar-refractivity contribution in [3.8, 4) is 0 Å². The molecule has 2 aromatic heterocycles. The van der Waals surface area contributed by atoms with Gasteiger partial charge < -0.3 is 10.6 Å². The van der Waals surface area contributed by atoms with Crippen LogP contribution in [0.1, 0.15) is 12.6 Å². The Labute approximate surface area is 117 Å². The van der Waals surface area contributed by atoms with Crippen molar-refractivity contribution in [1.82, 2.24) is 19.7 Å². The van der Waals surface area contributed by atoms with Gasteiger partial charge in [0, 0.05) is 25.9 Å². The molecule has 0 spiro atoms. The van der Waals surface area contributed by atoms with Crippen LogP contribution in [-0.4, -0.2) is 32.5 Å². The summed E-state index contributed by atoms with van der Waals surface area (Å²) in [7, 11) is 1.91. The Bertz CT molecular complexity index is 539. The lowest BCUT2D eigenvalue weighted by Crippen LogP contribution is -2.06. The topological polar surface area (TPSA) is 67.7 Å². The summed E-state index contributed by atoms with van der Waals surface area (Å²) in [5, 5.41) is 11.5. The summed E-state index contributed by atoms with van der Waals surface area (Å²) in [5.74, 6) is 1.64. The quantitative estimate of drug-likeness (QED) is 0.622. The average molecular weight is 278 g/mol. The molecule has 2 heterocycles. The third-order valence-electron chi connectivity index (χ3n) is 2.47. The van der Waals surface area contributed by atoms with E-state index in [1.54, 1.807) is 4.68 Å². The van der Waals surface area contributed by atoms with Gasteiger partial charge in [-0.3, -0.25) is 4.68 Å². The van der Waals surface area contributed by atoms with Gasteiger partial charge in [0.05, 0.1) is 12.2 Å². The summed E-state index contributed by atoms with van der Waals surface area (Å²) in [6.45, 7) is 3.53. The number of hydrogen-bond acceptors (Lipinski definition) is 6. The predicted octanol–water partition coefficient (Wildman–Crippen LogP) is 1.98. The van der Waals surface area contributed by atoms with E-state index in [9.17, 15) is 0 Å². The highest BCUT2D eigenvalue weighted by Gasteiger charge is 2.04. The molecular weight excluding hydrogens is 260 g/mol. The number of nitrogens with one attached hydrogen (secondary N) is 2. The first kappa shape index (κ1) is 13.7. The van der Waals surface area contributed by atoms with E-state index in [4.69, 9.17) is 0 Å². The van der Waals surface area contributed by atoms with E-state index in [1.807, 2.05) is 38.6 Å². The molecule has 19 heavy (non-hydrogen) atoms. The third-order valence-corrected chi connectivity index (χ3v) is 3.01. The lowest BCUT2D eigenvalue weighted by Gasteiger charge is -2.08. The molecule has 0 aromatic carbocycles. The highest BCUT2D eigenvalue weighted by molar-refractivity contribution is 7.98. The van der Waals surface area contributed by atoms with Crippen molar-refractivity contribution in [2.75, 3.05) is 23.4 Å². The van der Waals surface area contributed by atoms with Gasteiger partial charge in [0.15, 0.2) is 5.16 Å². The molecule has 0 aliphatic rings. The average Bonchev–Trinajstić information content (AvgIpc) is 2.82. The molecule has 0 radical (unpaired) electrons. The molecule has 0 amide bonds. The first-order valence-corrected chi connectivity index (χ1v) is 7.33. The fourth-order valence-electron chi connectivity index (χ4n) is 1.62. The maximum Gasteiger partial charge on any atom is 0.191 e. The molecule has 2 N–H and O–H groups in total. The van der Waals surface area contributed by atoms with Gasteiger partial charge in [-0.15, -0.1) is 0 Å². The molecule has 0 aliphatic heterocycles. The van der Waals surface area contributed by atoms with E-state index in [2.05, 4.69) is 25.7 Å². The fraction of sp³-hybridized carbons (Fsp3) is 0.417. The number of rotatable bonds is 6. The van der Waals surface area contributed by atoms with Crippen LogP contribution in [0.15, 0.2) is 23.5 Å². The van der Waals surface area contributed by atoms with Crippen molar-refractivity contribution in [3.63, 3.8) is 0 Å². The highest BCUT2D eigenvalue weighted by Crippen LogP contribution is 2.17. The van der Waals surface area contributed by atoms with Crippen LogP contribution in [0.5, 0.6) is 0 Å². The van der Waals surface area contributed by atoms with Crippen molar-refractivity contribution in [1.29, 1.82) is 0 Å². The number of nitrogens with zero attached hydrogens (tertiary/aromatic N) is 4. The zero-order chi connectivity index (χ0) is 13.7. The largest absolute Gasteiger partial charge is 0.370 e. The summed E-state index contributed by atoms with van der Waals surface area (Å²) >= 11 is 1.53. The van der Waals surface area contributed by atoms with Crippen molar-refractivity contribution in [2.45, 2.75) is 18.6 Å². The summed E-state index contributed by atoms with van der Waals surface area (Å²) in [6.07, 6.45) is 3.89. The van der Waals surface area contributed by atoms with E-state index in [1.165, 1.54) is 11.8 Å². The SMILES string of the molecule is CCNc1cc(NCc2ccn(C)n2)nc(SC)n1. The molecule has 0 unspecified atom stereocenters. The number of hydrogen-bond donors (Lipinski definition) is 2. The second-order valence-corrected chi connectivity index (χ2v) is 4.76. The lowest BCUT2D eigenvalue weighted by molar-refractivity contribution is 0.746. The van der Waals surface area contributed by atoms with Gasteiger partial charge >= 0.3 is 0 Å². The molecule has 0 fully saturated rings. The zero-order valence-corrected chi connectivity index (χ0v) is 12.2. The molecular formula is C12H18N6S. The van der Waals surface area contributed by atoms with E-state index in [0.717, 1.165) is 29.0 Å². The Hall–Kier alpha value is -1.76. The van der Waals surface area contributed by atoms with Gasteiger partial charge in [-0.1, -0.05) is 11.8 Å². The number of anilines is 2. The number of aryl methyl sites for hydroxylation is 1. The third kappa shape index (κ3) is 3.85. The molecule has 2 rings (SSSR count). The van der Waals surface area contributed by atoms with Crippen molar-refractivity contribution in [2.24, 2.45) is 7.05 Å². The van der Waals surface area contributed by atoms with Gasteiger partial charge in [-0.2, -0.15) is 5.10 Å².